The van der Waals surface area contributed by atoms with Crippen LogP contribution in [0, 0.1) is 27.7 Å². The van der Waals surface area contributed by atoms with Crippen molar-refractivity contribution in [2.75, 3.05) is 0 Å². The highest BCUT2D eigenvalue weighted by Crippen LogP contribution is 2.46. The van der Waals surface area contributed by atoms with E-state index in [0.29, 0.717) is 0 Å². The Hall–Kier alpha value is -4.20. The van der Waals surface area contributed by atoms with E-state index in [1.807, 2.05) is 0 Å². The topological polar surface area (TPSA) is 0 Å². The third-order valence-electron chi connectivity index (χ3n) is 10.8. The molecule has 0 saturated carbocycles. The first-order valence-corrected chi connectivity index (χ1v) is 18.9. The van der Waals surface area contributed by atoms with E-state index in [1.165, 1.54) is 78.4 Å². The van der Waals surface area contributed by atoms with Gasteiger partial charge in [-0.3, -0.25) is 0 Å². The Morgan fingerprint density at radius 1 is 0.500 bits per heavy atom. The van der Waals surface area contributed by atoms with Gasteiger partial charge < -0.3 is 0 Å². The summed E-state index contributed by atoms with van der Waals surface area (Å²) in [6.45, 7) is 11.7. The number of benzene rings is 5. The first kappa shape index (κ1) is 28.6. The predicted octanol–water partition coefficient (Wildman–Crippen LogP) is 11.2. The van der Waals surface area contributed by atoms with Crippen LogP contribution in [0.15, 0.2) is 114 Å². The van der Waals surface area contributed by atoms with E-state index in [4.69, 9.17) is 0 Å². The fourth-order valence-corrected chi connectivity index (χ4v) is 11.5. The van der Waals surface area contributed by atoms with Gasteiger partial charge in [0.15, 0.2) is 0 Å². The van der Waals surface area contributed by atoms with E-state index in [2.05, 4.69) is 150 Å². The quantitative estimate of drug-likeness (QED) is 0.166. The molecule has 5 aromatic rings. The van der Waals surface area contributed by atoms with Gasteiger partial charge in [0.2, 0.25) is 0 Å². The lowest BCUT2D eigenvalue weighted by molar-refractivity contribution is 1.07. The van der Waals surface area contributed by atoms with Gasteiger partial charge in [-0.25, -0.2) is 0 Å². The van der Waals surface area contributed by atoms with Crippen molar-refractivity contribution in [2.45, 2.75) is 59.5 Å². The van der Waals surface area contributed by atoms with E-state index in [1.54, 1.807) is 10.4 Å². The Kier molecular flexibility index (Phi) is 7.39. The highest BCUT2D eigenvalue weighted by atomic mass is 28.3. The van der Waals surface area contributed by atoms with Gasteiger partial charge in [0.05, 0.1) is 0 Å². The van der Waals surface area contributed by atoms with Gasteiger partial charge in [0.1, 0.15) is 8.07 Å². The highest BCUT2D eigenvalue weighted by Gasteiger charge is 2.40. The summed E-state index contributed by atoms with van der Waals surface area (Å²) in [5.74, 6) is 0. The molecule has 7 rings (SSSR count). The first-order chi connectivity index (χ1) is 21.3. The monoisotopic (exact) mass is 586 g/mol. The van der Waals surface area contributed by atoms with Crippen LogP contribution in [0.4, 0.5) is 0 Å². The number of aryl methyl sites for hydroxylation is 3. The van der Waals surface area contributed by atoms with Crippen LogP contribution in [0.5, 0.6) is 0 Å². The second kappa shape index (κ2) is 11.4. The molecule has 2 aliphatic carbocycles. The lowest BCUT2D eigenvalue weighted by Gasteiger charge is -2.31. The van der Waals surface area contributed by atoms with Crippen molar-refractivity contribution in [3.63, 3.8) is 0 Å². The minimum Gasteiger partial charge on any atom is -0.0712 e. The molecule has 44 heavy (non-hydrogen) atoms. The minimum absolute atomic E-state index is 1.07. The number of allylic oxidation sites excluding steroid dienone is 2. The molecular weight excluding hydrogens is 545 g/mol. The van der Waals surface area contributed by atoms with Crippen LogP contribution >= 0.6 is 0 Å². The SMILES string of the molecule is Cc1cccc(-c2cccc3c2C=C([Si](C)(CCc2ccccc2)C2=Cc4c(cccc4-c4cccc(C)c4C)C2)C3)c1C. The molecule has 0 amide bonds. The maximum absolute atomic E-state index is 2.67. The summed E-state index contributed by atoms with van der Waals surface area (Å²) >= 11 is 0. The fraction of sp³-hybridized carbons (Fsp3) is 0.209. The third kappa shape index (κ3) is 4.94. The van der Waals surface area contributed by atoms with Crippen LogP contribution in [-0.4, -0.2) is 8.07 Å². The molecule has 0 fully saturated rings. The molecule has 0 saturated heterocycles. The molecule has 0 unspecified atom stereocenters. The zero-order chi connectivity index (χ0) is 30.4. The molecule has 1 heteroatoms. The maximum Gasteiger partial charge on any atom is 0.107 e. The van der Waals surface area contributed by atoms with Crippen LogP contribution in [0.2, 0.25) is 12.6 Å². The summed E-state index contributed by atoms with van der Waals surface area (Å²) in [5.41, 5.74) is 18.3. The van der Waals surface area contributed by atoms with E-state index in [0.717, 1.165) is 19.3 Å². The van der Waals surface area contributed by atoms with Gasteiger partial charge in [0, 0.05) is 0 Å². The number of fused-ring (bicyclic) bond motifs is 2. The van der Waals surface area contributed by atoms with Crippen LogP contribution in [0.3, 0.4) is 0 Å². The van der Waals surface area contributed by atoms with Crippen molar-refractivity contribution < 1.29 is 0 Å². The Balaban J connectivity index is 1.34. The van der Waals surface area contributed by atoms with Crippen molar-refractivity contribution in [3.8, 4) is 22.3 Å². The maximum atomic E-state index is 2.67. The van der Waals surface area contributed by atoms with Crippen LogP contribution < -0.4 is 0 Å². The average Bonchev–Trinajstić information content (AvgIpc) is 3.69. The fourth-order valence-electron chi connectivity index (χ4n) is 7.57. The lowest BCUT2D eigenvalue weighted by atomic mass is 9.92. The molecule has 218 valence electrons. The summed E-state index contributed by atoms with van der Waals surface area (Å²) in [6.07, 6.45) is 8.52. The summed E-state index contributed by atoms with van der Waals surface area (Å²) in [4.78, 5) is 0. The number of hydrogen-bond donors (Lipinski definition) is 0. The molecule has 0 heterocycles. The predicted molar refractivity (Wildman–Crippen MR) is 193 cm³/mol. The second-order valence-corrected chi connectivity index (χ2v) is 17.7. The zero-order valence-electron chi connectivity index (χ0n) is 26.8. The van der Waals surface area contributed by atoms with Crippen LogP contribution in [-0.2, 0) is 19.3 Å². The van der Waals surface area contributed by atoms with Crippen molar-refractivity contribution in [1.29, 1.82) is 0 Å². The molecule has 0 aliphatic heterocycles. The molecule has 0 aromatic heterocycles. The molecule has 0 nitrogen and oxygen atoms in total. The summed E-state index contributed by atoms with van der Waals surface area (Å²) in [5, 5.41) is 3.38. The summed E-state index contributed by atoms with van der Waals surface area (Å²) in [6, 6.07) is 39.8. The smallest absolute Gasteiger partial charge is 0.0712 e. The summed E-state index contributed by atoms with van der Waals surface area (Å²) in [7, 11) is -2.04. The van der Waals surface area contributed by atoms with Gasteiger partial charge in [-0.15, -0.1) is 0 Å². The van der Waals surface area contributed by atoms with E-state index >= 15 is 0 Å². The lowest BCUT2D eigenvalue weighted by Crippen LogP contribution is -2.37. The molecule has 0 bridgehead atoms. The van der Waals surface area contributed by atoms with Crippen molar-refractivity contribution >= 4 is 20.2 Å². The van der Waals surface area contributed by atoms with Gasteiger partial charge in [0.25, 0.3) is 0 Å². The number of hydrogen-bond acceptors (Lipinski definition) is 0. The Bertz CT molecular complexity index is 1830. The third-order valence-corrected chi connectivity index (χ3v) is 15.5. The van der Waals surface area contributed by atoms with Gasteiger partial charge in [-0.2, -0.15) is 0 Å². The first-order valence-electron chi connectivity index (χ1n) is 16.2. The normalized spacial score (nSPS) is 13.8. The van der Waals surface area contributed by atoms with Crippen molar-refractivity contribution in [2.24, 2.45) is 0 Å². The van der Waals surface area contributed by atoms with E-state index in [9.17, 15) is 0 Å². The molecule has 2 aliphatic rings. The number of rotatable bonds is 7. The zero-order valence-corrected chi connectivity index (χ0v) is 27.8. The molecule has 0 spiro atoms. The van der Waals surface area contributed by atoms with Crippen LogP contribution in [0.1, 0.15) is 50.1 Å². The van der Waals surface area contributed by atoms with Gasteiger partial charge in [-0.1, -0.05) is 132 Å². The van der Waals surface area contributed by atoms with E-state index in [-0.39, 0.29) is 0 Å². The summed E-state index contributed by atoms with van der Waals surface area (Å²) < 4.78 is 0. The Labute approximate surface area is 264 Å². The Morgan fingerprint density at radius 3 is 1.45 bits per heavy atom. The van der Waals surface area contributed by atoms with Crippen molar-refractivity contribution in [3.05, 3.63) is 164 Å². The molecular formula is C43H42Si. The standard InChI is InChI=1S/C43H42Si/c1-29-13-9-19-38(31(29)3)40-21-11-17-34-25-36(27-42(34)40)44(5,24-23-33-15-7-6-8-16-33)37-26-35-18-12-22-41(43(35)28-37)39-20-10-14-30(2)32(39)4/h6-22,27-28H,23-26H2,1-5H3. The van der Waals surface area contributed by atoms with Crippen LogP contribution in [0.25, 0.3) is 34.4 Å². The molecule has 0 N–H and O–H groups in total. The minimum atomic E-state index is -2.04. The van der Waals surface area contributed by atoms with Gasteiger partial charge in [-0.05, 0) is 125 Å². The molecule has 0 atom stereocenters. The largest absolute Gasteiger partial charge is 0.107 e. The van der Waals surface area contributed by atoms with Crippen molar-refractivity contribution in [1.82, 2.24) is 0 Å². The molecule has 0 radical (unpaired) electrons. The van der Waals surface area contributed by atoms with E-state index < -0.39 is 8.07 Å². The second-order valence-electron chi connectivity index (χ2n) is 13.3. The average molecular weight is 587 g/mol. The Morgan fingerprint density at radius 2 is 0.955 bits per heavy atom. The van der Waals surface area contributed by atoms with Gasteiger partial charge >= 0.3 is 0 Å². The molecule has 5 aromatic carbocycles. The highest BCUT2D eigenvalue weighted by molar-refractivity contribution is 6.93.